The molecular weight excluding hydrogens is 288 g/mol. The number of rotatable bonds is 12. The van der Waals surface area contributed by atoms with Crippen molar-refractivity contribution in [2.24, 2.45) is 0 Å². The van der Waals surface area contributed by atoms with E-state index in [-0.39, 0.29) is 28.5 Å². The Balaban J connectivity index is 3.26. The molecule has 0 aromatic carbocycles. The Morgan fingerprint density at radius 2 is 1.38 bits per heavy atom. The first-order valence-electron chi connectivity index (χ1n) is 7.42. The molecule has 0 saturated carbocycles. The summed E-state index contributed by atoms with van der Waals surface area (Å²) < 4.78 is 2.29. The zero-order valence-corrected chi connectivity index (χ0v) is 15.5. The fourth-order valence-electron chi connectivity index (χ4n) is 1.97. The Labute approximate surface area is 120 Å². The van der Waals surface area contributed by atoms with Gasteiger partial charge in [0.1, 0.15) is 0 Å². The van der Waals surface area contributed by atoms with Crippen molar-refractivity contribution in [1.82, 2.24) is 0 Å². The van der Waals surface area contributed by atoms with E-state index in [1.165, 1.54) is 44.9 Å². The molecule has 0 aliphatic heterocycles. The van der Waals surface area contributed by atoms with Crippen LogP contribution in [0.3, 0.4) is 0 Å². The predicted octanol–water partition coefficient (Wildman–Crippen LogP) is 6.06. The molecule has 0 radical (unpaired) electrons. The first kappa shape index (κ1) is 17.5. The van der Waals surface area contributed by atoms with Crippen LogP contribution in [0.15, 0.2) is 0 Å². The first-order valence-corrected chi connectivity index (χ1v) is 15.0. The van der Waals surface area contributed by atoms with Crippen molar-refractivity contribution in [3.8, 4) is 0 Å². The second-order valence-electron chi connectivity index (χ2n) is 4.72. The van der Waals surface area contributed by atoms with Crippen LogP contribution in [0.4, 0.5) is 0 Å². The Morgan fingerprint density at radius 3 is 2.00 bits per heavy atom. The van der Waals surface area contributed by atoms with Gasteiger partial charge in [-0.2, -0.15) is 0 Å². The van der Waals surface area contributed by atoms with Gasteiger partial charge < -0.3 is 0 Å². The Bertz CT molecular complexity index is 128. The van der Waals surface area contributed by atoms with E-state index in [2.05, 4.69) is 20.8 Å². The van der Waals surface area contributed by atoms with Gasteiger partial charge in [-0.15, -0.1) is 0 Å². The summed E-state index contributed by atoms with van der Waals surface area (Å²) in [6.45, 7) is 7.08. The summed E-state index contributed by atoms with van der Waals surface area (Å²) in [5, 5.41) is 0. The summed E-state index contributed by atoms with van der Waals surface area (Å²) in [5.74, 6) is 0. The van der Waals surface area contributed by atoms with E-state index in [0.29, 0.717) is 4.17 Å². The van der Waals surface area contributed by atoms with Gasteiger partial charge in [0.2, 0.25) is 0 Å². The third kappa shape index (κ3) is 12.0. The van der Waals surface area contributed by atoms with Crippen LogP contribution in [-0.2, 0) is 28.5 Å². The first-order chi connectivity index (χ1) is 7.85. The number of unbranched alkanes of at least 4 members (excludes halogenated alkanes) is 6. The van der Waals surface area contributed by atoms with E-state index in [4.69, 9.17) is 0 Å². The molecule has 0 N–H and O–H groups in total. The zero-order chi connectivity index (χ0) is 12.1. The van der Waals surface area contributed by atoms with Crippen LogP contribution in [0.5, 0.6) is 0 Å². The van der Waals surface area contributed by atoms with Crippen molar-refractivity contribution >= 4 is 4.17 Å². The van der Waals surface area contributed by atoms with Gasteiger partial charge in [-0.05, 0) is 0 Å². The van der Waals surface area contributed by atoms with Crippen molar-refractivity contribution in [2.45, 2.75) is 75.4 Å². The molecule has 0 saturated heterocycles. The molecular formula is C14H31PY. The van der Waals surface area contributed by atoms with Gasteiger partial charge in [0.05, 0.1) is 0 Å². The molecule has 0 nitrogen and oxygen atoms in total. The third-order valence-corrected chi connectivity index (χ3v) is 16.9. The van der Waals surface area contributed by atoms with Crippen LogP contribution in [0, 0.1) is 0 Å². The van der Waals surface area contributed by atoms with Crippen molar-refractivity contribution in [3.63, 3.8) is 0 Å². The second-order valence-corrected chi connectivity index (χ2v) is 16.8. The molecule has 0 aliphatic carbocycles. The monoisotopic (exact) mass is 319 g/mol. The summed E-state index contributed by atoms with van der Waals surface area (Å²) in [5.41, 5.74) is 0. The summed E-state index contributed by atoms with van der Waals surface area (Å²) in [4.78, 5) is 0. The van der Waals surface area contributed by atoms with Crippen LogP contribution >= 0.6 is 4.17 Å². The molecule has 0 fully saturated rings. The molecule has 95 valence electrons. The maximum absolute atomic E-state index is 2.45. The van der Waals surface area contributed by atoms with E-state index in [1.54, 1.807) is 22.0 Å². The number of hydrogen-bond acceptors (Lipinski definition) is 0. The molecule has 2 heteroatoms. The van der Waals surface area contributed by atoms with Gasteiger partial charge >= 0.3 is 120 Å². The molecule has 0 aromatic rings. The average Bonchev–Trinajstić information content (AvgIpc) is 2.31. The molecule has 0 amide bonds. The van der Waals surface area contributed by atoms with Gasteiger partial charge in [0, 0.05) is 0 Å². The Morgan fingerprint density at radius 1 is 0.750 bits per heavy atom. The van der Waals surface area contributed by atoms with E-state index in [9.17, 15) is 0 Å². The summed E-state index contributed by atoms with van der Waals surface area (Å²) in [7, 11) is 0. The van der Waals surface area contributed by atoms with Gasteiger partial charge in [-0.25, -0.2) is 0 Å². The molecule has 0 spiro atoms. The van der Waals surface area contributed by atoms with Crippen molar-refractivity contribution in [2.75, 3.05) is 12.3 Å². The Kier molecular flexibility index (Phi) is 16.0. The molecule has 0 rings (SSSR count). The van der Waals surface area contributed by atoms with Crippen LogP contribution in [0.2, 0.25) is 3.23 Å². The predicted molar refractivity (Wildman–Crippen MR) is 75.4 cm³/mol. The quantitative estimate of drug-likeness (QED) is 0.303. The molecule has 0 heterocycles. The van der Waals surface area contributed by atoms with Crippen molar-refractivity contribution in [3.05, 3.63) is 0 Å². The fraction of sp³-hybridized carbons (Fsp3) is 1.00. The topological polar surface area (TPSA) is 0 Å². The minimum atomic E-state index is -0.125. The van der Waals surface area contributed by atoms with E-state index < -0.39 is 0 Å². The van der Waals surface area contributed by atoms with E-state index in [1.807, 2.05) is 0 Å². The maximum atomic E-state index is 2.45. The SMILES string of the molecule is CCCCCC[CH2][Y][P](CC)CCCCC. The van der Waals surface area contributed by atoms with Crippen LogP contribution in [0.25, 0.3) is 0 Å². The van der Waals surface area contributed by atoms with E-state index in [0.717, 1.165) is 0 Å². The van der Waals surface area contributed by atoms with Gasteiger partial charge in [-0.1, -0.05) is 0 Å². The molecule has 0 aliphatic rings. The van der Waals surface area contributed by atoms with Crippen LogP contribution < -0.4 is 0 Å². The van der Waals surface area contributed by atoms with Gasteiger partial charge in [0.25, 0.3) is 0 Å². The van der Waals surface area contributed by atoms with Crippen molar-refractivity contribution in [1.29, 1.82) is 0 Å². The van der Waals surface area contributed by atoms with Crippen molar-refractivity contribution < 1.29 is 28.5 Å². The molecule has 16 heavy (non-hydrogen) atoms. The minimum absolute atomic E-state index is 0.125. The van der Waals surface area contributed by atoms with E-state index >= 15 is 0 Å². The second kappa shape index (κ2) is 14.6. The normalized spacial score (nSPS) is 12.4. The molecule has 1 unspecified atom stereocenters. The van der Waals surface area contributed by atoms with Gasteiger partial charge in [0.15, 0.2) is 0 Å². The summed E-state index contributed by atoms with van der Waals surface area (Å²) >= 11 is -0.125. The zero-order valence-electron chi connectivity index (χ0n) is 11.8. The summed E-state index contributed by atoms with van der Waals surface area (Å²) in [6, 6.07) is 0. The van der Waals surface area contributed by atoms with Crippen LogP contribution in [-0.4, -0.2) is 12.3 Å². The number of hydrogen-bond donors (Lipinski definition) is 0. The fourth-order valence-corrected chi connectivity index (χ4v) is 13.2. The average molecular weight is 319 g/mol. The van der Waals surface area contributed by atoms with Gasteiger partial charge in [-0.3, -0.25) is 0 Å². The summed E-state index contributed by atoms with van der Waals surface area (Å²) in [6.07, 6.45) is 15.1. The molecule has 1 atom stereocenters. The third-order valence-electron chi connectivity index (χ3n) is 3.15. The standard InChI is InChI=1S/C7H16P.C7H15.Y/c1-3-5-6-7-8-4-2;1-3-5-7-6-4-2;/h3-7H2,1-2H3;1,3-7H2,2H3;/q-1;;+1. The Hall–Kier alpha value is 1.53. The molecule has 0 bridgehead atoms. The van der Waals surface area contributed by atoms with Crippen LogP contribution in [0.1, 0.15) is 72.1 Å². The molecule has 0 aromatic heterocycles.